The van der Waals surface area contributed by atoms with Crippen LogP contribution in [0.25, 0.3) is 0 Å². The van der Waals surface area contributed by atoms with E-state index in [4.69, 9.17) is 5.73 Å². The van der Waals surface area contributed by atoms with Gasteiger partial charge in [0.1, 0.15) is 0 Å². The molecule has 0 saturated heterocycles. The molecule has 3 rings (SSSR count). The molecule has 1 aromatic heterocycles. The molecule has 0 radical (unpaired) electrons. The van der Waals surface area contributed by atoms with Gasteiger partial charge in [-0.1, -0.05) is 12.1 Å². The molecule has 6 heteroatoms. The maximum absolute atomic E-state index is 12.6. The van der Waals surface area contributed by atoms with E-state index in [0.717, 1.165) is 36.2 Å². The molecule has 1 heterocycles. The van der Waals surface area contributed by atoms with Crippen LogP contribution in [0.3, 0.4) is 0 Å². The van der Waals surface area contributed by atoms with Crippen molar-refractivity contribution >= 4 is 5.95 Å². The molecule has 20 heavy (non-hydrogen) atoms. The summed E-state index contributed by atoms with van der Waals surface area (Å²) < 4.78 is 37.7. The number of rotatable bonds is 2. The van der Waals surface area contributed by atoms with Gasteiger partial charge in [-0.3, -0.25) is 0 Å². The standard InChI is InChI=1S/C14H12F3N3/c15-14(16,17)10-3-1-9(2-4-10)13(6-7-13)11-5-8-19-12(18)20-11/h1-5,8H,6-7H2,(H2,18,19,20). The Bertz CT molecular complexity index is 631. The van der Waals surface area contributed by atoms with Crippen LogP contribution in [0, 0.1) is 0 Å². The van der Waals surface area contributed by atoms with Gasteiger partial charge >= 0.3 is 6.18 Å². The lowest BCUT2D eigenvalue weighted by Crippen LogP contribution is -2.13. The van der Waals surface area contributed by atoms with Crippen molar-refractivity contribution in [3.8, 4) is 0 Å². The zero-order valence-electron chi connectivity index (χ0n) is 10.5. The van der Waals surface area contributed by atoms with Gasteiger partial charge in [-0.15, -0.1) is 0 Å². The SMILES string of the molecule is Nc1nccc(C2(c3ccc(C(F)(F)F)cc3)CC2)n1. The molecule has 1 aliphatic rings. The Morgan fingerprint density at radius 1 is 1.05 bits per heavy atom. The van der Waals surface area contributed by atoms with Gasteiger partial charge in [0.25, 0.3) is 0 Å². The number of nitrogen functional groups attached to an aromatic ring is 1. The van der Waals surface area contributed by atoms with Crippen LogP contribution in [-0.4, -0.2) is 9.97 Å². The molecule has 0 atom stereocenters. The van der Waals surface area contributed by atoms with Crippen molar-refractivity contribution in [3.05, 3.63) is 53.3 Å². The first-order valence-corrected chi connectivity index (χ1v) is 6.19. The van der Waals surface area contributed by atoms with Crippen molar-refractivity contribution < 1.29 is 13.2 Å². The van der Waals surface area contributed by atoms with E-state index in [-0.39, 0.29) is 11.4 Å². The van der Waals surface area contributed by atoms with Crippen molar-refractivity contribution in [1.29, 1.82) is 0 Å². The smallest absolute Gasteiger partial charge is 0.368 e. The average molecular weight is 279 g/mol. The van der Waals surface area contributed by atoms with Gasteiger partial charge in [0.2, 0.25) is 5.95 Å². The number of halogens is 3. The molecule has 0 aliphatic heterocycles. The molecule has 1 aromatic carbocycles. The molecular weight excluding hydrogens is 267 g/mol. The van der Waals surface area contributed by atoms with E-state index in [9.17, 15) is 13.2 Å². The predicted octanol–water partition coefficient (Wildman–Crippen LogP) is 3.16. The molecule has 0 bridgehead atoms. The van der Waals surface area contributed by atoms with Gasteiger partial charge in [-0.05, 0) is 36.6 Å². The van der Waals surface area contributed by atoms with E-state index in [1.54, 1.807) is 12.3 Å². The van der Waals surface area contributed by atoms with Crippen LogP contribution in [0.1, 0.15) is 29.7 Å². The van der Waals surface area contributed by atoms with Gasteiger partial charge in [-0.25, -0.2) is 9.97 Å². The normalized spacial score (nSPS) is 16.9. The Morgan fingerprint density at radius 2 is 1.70 bits per heavy atom. The summed E-state index contributed by atoms with van der Waals surface area (Å²) in [5, 5.41) is 0. The van der Waals surface area contributed by atoms with E-state index in [0.29, 0.717) is 0 Å². The van der Waals surface area contributed by atoms with Crippen molar-refractivity contribution in [1.82, 2.24) is 9.97 Å². The third kappa shape index (κ3) is 2.11. The van der Waals surface area contributed by atoms with Gasteiger partial charge in [0.15, 0.2) is 0 Å². The number of hydrogen-bond donors (Lipinski definition) is 1. The minimum atomic E-state index is -4.31. The van der Waals surface area contributed by atoms with Crippen molar-refractivity contribution in [3.63, 3.8) is 0 Å². The number of hydrogen-bond acceptors (Lipinski definition) is 3. The first-order chi connectivity index (χ1) is 9.42. The van der Waals surface area contributed by atoms with Crippen LogP contribution < -0.4 is 5.73 Å². The van der Waals surface area contributed by atoms with Crippen molar-refractivity contribution in [2.75, 3.05) is 5.73 Å². The molecule has 1 aliphatic carbocycles. The van der Waals surface area contributed by atoms with Gasteiger partial charge in [-0.2, -0.15) is 13.2 Å². The number of nitrogens with zero attached hydrogens (tertiary/aromatic N) is 2. The zero-order valence-corrected chi connectivity index (χ0v) is 10.5. The highest BCUT2D eigenvalue weighted by Crippen LogP contribution is 2.53. The molecule has 1 saturated carbocycles. The molecule has 2 N–H and O–H groups in total. The highest BCUT2D eigenvalue weighted by atomic mass is 19.4. The van der Waals surface area contributed by atoms with E-state index in [2.05, 4.69) is 9.97 Å². The Hall–Kier alpha value is -2.11. The zero-order chi connectivity index (χ0) is 14.4. The fourth-order valence-corrected chi connectivity index (χ4v) is 2.44. The van der Waals surface area contributed by atoms with E-state index >= 15 is 0 Å². The Kier molecular flexibility index (Phi) is 2.70. The lowest BCUT2D eigenvalue weighted by atomic mass is 9.91. The second-order valence-electron chi connectivity index (χ2n) is 4.96. The van der Waals surface area contributed by atoms with Gasteiger partial charge < -0.3 is 5.73 Å². The molecular formula is C14H12F3N3. The first kappa shape index (κ1) is 12.9. The molecule has 1 fully saturated rings. The Morgan fingerprint density at radius 3 is 2.20 bits per heavy atom. The van der Waals surface area contributed by atoms with Crippen molar-refractivity contribution in [2.45, 2.75) is 24.4 Å². The van der Waals surface area contributed by atoms with Gasteiger partial charge in [0, 0.05) is 11.6 Å². The predicted molar refractivity (Wildman–Crippen MR) is 67.9 cm³/mol. The fourth-order valence-electron chi connectivity index (χ4n) is 2.44. The topological polar surface area (TPSA) is 51.8 Å². The highest BCUT2D eigenvalue weighted by Gasteiger charge is 2.47. The third-order valence-electron chi connectivity index (χ3n) is 3.68. The fraction of sp³-hybridized carbons (Fsp3) is 0.286. The molecule has 2 aromatic rings. The molecule has 0 amide bonds. The summed E-state index contributed by atoms with van der Waals surface area (Å²) >= 11 is 0. The molecule has 0 spiro atoms. The Balaban J connectivity index is 1.97. The van der Waals surface area contributed by atoms with Crippen LogP contribution in [0.5, 0.6) is 0 Å². The van der Waals surface area contributed by atoms with Crippen LogP contribution in [0.4, 0.5) is 19.1 Å². The number of alkyl halides is 3. The van der Waals surface area contributed by atoms with Crippen LogP contribution in [0.15, 0.2) is 36.5 Å². The van der Waals surface area contributed by atoms with Crippen LogP contribution >= 0.6 is 0 Å². The summed E-state index contributed by atoms with van der Waals surface area (Å²) in [6.07, 6.45) is -1.03. The average Bonchev–Trinajstić information content (AvgIpc) is 3.19. The Labute approximate surface area is 113 Å². The van der Waals surface area contributed by atoms with Gasteiger partial charge in [0.05, 0.1) is 11.3 Å². The molecule has 0 unspecified atom stereocenters. The van der Waals surface area contributed by atoms with Crippen LogP contribution in [-0.2, 0) is 11.6 Å². The highest BCUT2D eigenvalue weighted by molar-refractivity contribution is 5.43. The first-order valence-electron chi connectivity index (χ1n) is 6.19. The largest absolute Gasteiger partial charge is 0.416 e. The third-order valence-corrected chi connectivity index (χ3v) is 3.68. The number of benzene rings is 1. The number of aromatic nitrogens is 2. The summed E-state index contributed by atoms with van der Waals surface area (Å²) in [5.41, 5.74) is 6.23. The lowest BCUT2D eigenvalue weighted by molar-refractivity contribution is -0.137. The summed E-state index contributed by atoms with van der Waals surface area (Å²) in [5.74, 6) is 0.181. The van der Waals surface area contributed by atoms with Crippen LogP contribution in [0.2, 0.25) is 0 Å². The number of anilines is 1. The van der Waals surface area contributed by atoms with E-state index < -0.39 is 11.7 Å². The number of nitrogens with two attached hydrogens (primary N) is 1. The lowest BCUT2D eigenvalue weighted by Gasteiger charge is -2.16. The summed E-state index contributed by atoms with van der Waals surface area (Å²) in [7, 11) is 0. The summed E-state index contributed by atoms with van der Waals surface area (Å²) in [4.78, 5) is 8.04. The quantitative estimate of drug-likeness (QED) is 0.918. The minimum Gasteiger partial charge on any atom is -0.368 e. The minimum absolute atomic E-state index is 0.181. The maximum Gasteiger partial charge on any atom is 0.416 e. The monoisotopic (exact) mass is 279 g/mol. The second kappa shape index (κ2) is 4.19. The second-order valence-corrected chi connectivity index (χ2v) is 4.96. The van der Waals surface area contributed by atoms with E-state index in [1.165, 1.54) is 12.1 Å². The van der Waals surface area contributed by atoms with E-state index in [1.807, 2.05) is 0 Å². The summed E-state index contributed by atoms with van der Waals surface area (Å²) in [6, 6.07) is 7.03. The molecule has 104 valence electrons. The molecule has 3 nitrogen and oxygen atoms in total. The maximum atomic E-state index is 12.6. The van der Waals surface area contributed by atoms with Crippen molar-refractivity contribution in [2.24, 2.45) is 0 Å². The summed E-state index contributed by atoms with van der Waals surface area (Å²) in [6.45, 7) is 0.